The van der Waals surface area contributed by atoms with Crippen LogP contribution in [0.2, 0.25) is 0 Å². The van der Waals surface area contributed by atoms with Gasteiger partial charge in [-0.3, -0.25) is 0 Å². The summed E-state index contributed by atoms with van der Waals surface area (Å²) < 4.78 is 15.5. The Labute approximate surface area is 114 Å². The van der Waals surface area contributed by atoms with Gasteiger partial charge in [-0.25, -0.2) is 9.37 Å². The summed E-state index contributed by atoms with van der Waals surface area (Å²) in [6.07, 6.45) is 0.906. The van der Waals surface area contributed by atoms with Crippen molar-refractivity contribution in [1.29, 1.82) is 0 Å². The van der Waals surface area contributed by atoms with Crippen LogP contribution in [0.3, 0.4) is 0 Å². The summed E-state index contributed by atoms with van der Waals surface area (Å²) in [7, 11) is 0. The highest BCUT2D eigenvalue weighted by Gasteiger charge is 2.11. The van der Waals surface area contributed by atoms with Crippen molar-refractivity contribution in [3.05, 3.63) is 45.9 Å². The molecule has 0 amide bonds. The van der Waals surface area contributed by atoms with E-state index in [0.29, 0.717) is 17.0 Å². The maximum absolute atomic E-state index is 13.5. The third-order valence-corrected chi connectivity index (χ3v) is 4.16. The number of anilines is 1. The Kier molecular flexibility index (Phi) is 2.98. The van der Waals surface area contributed by atoms with Crippen LogP contribution in [0.15, 0.2) is 29.6 Å². The molecule has 3 aromatic rings. The third kappa shape index (κ3) is 2.21. The first-order valence-corrected chi connectivity index (χ1v) is 6.97. The lowest BCUT2D eigenvalue weighted by Gasteiger charge is -2.06. The van der Waals surface area contributed by atoms with E-state index in [-0.39, 0.29) is 5.82 Å². The molecule has 98 valence electrons. The molecule has 0 radical (unpaired) electrons. The van der Waals surface area contributed by atoms with Gasteiger partial charge in [-0.2, -0.15) is 0 Å². The number of thiophene rings is 1. The Bertz CT molecular complexity index is 716. The Morgan fingerprint density at radius 1 is 1.42 bits per heavy atom. The van der Waals surface area contributed by atoms with Gasteiger partial charge in [0.25, 0.3) is 0 Å². The molecule has 0 aliphatic carbocycles. The average molecular weight is 275 g/mol. The molecule has 5 heteroatoms. The van der Waals surface area contributed by atoms with Crippen LogP contribution in [-0.4, -0.2) is 9.55 Å². The van der Waals surface area contributed by atoms with Crippen molar-refractivity contribution in [3.63, 3.8) is 0 Å². The van der Waals surface area contributed by atoms with E-state index in [4.69, 9.17) is 5.73 Å². The molecule has 19 heavy (non-hydrogen) atoms. The predicted molar refractivity (Wildman–Crippen MR) is 76.9 cm³/mol. The van der Waals surface area contributed by atoms with Gasteiger partial charge < -0.3 is 10.3 Å². The normalized spacial score (nSPS) is 11.3. The zero-order valence-electron chi connectivity index (χ0n) is 10.6. The summed E-state index contributed by atoms with van der Waals surface area (Å²) in [5.41, 5.74) is 8.05. The van der Waals surface area contributed by atoms with E-state index in [1.807, 2.05) is 16.7 Å². The van der Waals surface area contributed by atoms with Crippen molar-refractivity contribution in [2.45, 2.75) is 19.9 Å². The van der Waals surface area contributed by atoms with Gasteiger partial charge >= 0.3 is 0 Å². The van der Waals surface area contributed by atoms with E-state index in [1.165, 1.54) is 10.9 Å². The second kappa shape index (κ2) is 4.66. The SMILES string of the molecule is Cc1cc2c(cc1F)nc(N)n2CCc1cccs1. The number of nitrogens with two attached hydrogens (primary N) is 1. The number of hydrogen-bond acceptors (Lipinski definition) is 3. The van der Waals surface area contributed by atoms with Crippen LogP contribution in [0, 0.1) is 12.7 Å². The first-order chi connectivity index (χ1) is 9.15. The summed E-state index contributed by atoms with van der Waals surface area (Å²) in [5.74, 6) is 0.201. The van der Waals surface area contributed by atoms with Gasteiger partial charge in [0.05, 0.1) is 11.0 Å². The van der Waals surface area contributed by atoms with Gasteiger partial charge in [-0.15, -0.1) is 11.3 Å². The number of rotatable bonds is 3. The van der Waals surface area contributed by atoms with Crippen LogP contribution in [-0.2, 0) is 13.0 Å². The van der Waals surface area contributed by atoms with Gasteiger partial charge in [0, 0.05) is 17.5 Å². The minimum Gasteiger partial charge on any atom is -0.369 e. The Morgan fingerprint density at radius 3 is 3.00 bits per heavy atom. The number of aryl methyl sites for hydroxylation is 3. The van der Waals surface area contributed by atoms with E-state index < -0.39 is 0 Å². The molecule has 0 fully saturated rings. The van der Waals surface area contributed by atoms with Crippen molar-refractivity contribution < 1.29 is 4.39 Å². The second-order valence-corrected chi connectivity index (χ2v) is 5.57. The molecule has 3 rings (SSSR count). The molecule has 0 aliphatic heterocycles. The van der Waals surface area contributed by atoms with Gasteiger partial charge in [-0.05, 0) is 36.4 Å². The fraction of sp³-hybridized carbons (Fsp3) is 0.214. The van der Waals surface area contributed by atoms with Crippen LogP contribution in [0.4, 0.5) is 10.3 Å². The van der Waals surface area contributed by atoms with Gasteiger partial charge in [0.15, 0.2) is 0 Å². The number of fused-ring (bicyclic) bond motifs is 1. The molecule has 1 aromatic carbocycles. The summed E-state index contributed by atoms with van der Waals surface area (Å²) in [4.78, 5) is 5.52. The smallest absolute Gasteiger partial charge is 0.201 e. The van der Waals surface area contributed by atoms with Crippen molar-refractivity contribution >= 4 is 28.3 Å². The van der Waals surface area contributed by atoms with Crippen molar-refractivity contribution in [1.82, 2.24) is 9.55 Å². The zero-order chi connectivity index (χ0) is 13.4. The average Bonchev–Trinajstić information content (AvgIpc) is 2.96. The lowest BCUT2D eigenvalue weighted by molar-refractivity contribution is 0.620. The van der Waals surface area contributed by atoms with E-state index in [2.05, 4.69) is 16.4 Å². The van der Waals surface area contributed by atoms with E-state index >= 15 is 0 Å². The first kappa shape index (κ1) is 12.2. The Hall–Kier alpha value is -1.88. The molecule has 0 saturated carbocycles. The Balaban J connectivity index is 1.98. The van der Waals surface area contributed by atoms with Gasteiger partial charge in [-0.1, -0.05) is 6.07 Å². The molecule has 0 unspecified atom stereocenters. The lowest BCUT2D eigenvalue weighted by Crippen LogP contribution is -2.05. The maximum Gasteiger partial charge on any atom is 0.201 e. The number of nitrogens with zero attached hydrogens (tertiary/aromatic N) is 2. The minimum absolute atomic E-state index is 0.240. The standard InChI is InChI=1S/C14H14FN3S/c1-9-7-13-12(8-11(9)15)17-14(16)18(13)5-4-10-3-2-6-19-10/h2-3,6-8H,4-5H2,1H3,(H2,16,17). The van der Waals surface area contributed by atoms with Crippen LogP contribution >= 0.6 is 11.3 Å². The molecule has 0 aliphatic rings. The van der Waals surface area contributed by atoms with Crippen molar-refractivity contribution in [2.75, 3.05) is 5.73 Å². The lowest BCUT2D eigenvalue weighted by atomic mass is 10.2. The van der Waals surface area contributed by atoms with Crippen LogP contribution in [0.5, 0.6) is 0 Å². The van der Waals surface area contributed by atoms with E-state index in [1.54, 1.807) is 18.3 Å². The molecule has 2 heterocycles. The van der Waals surface area contributed by atoms with Gasteiger partial charge in [0.2, 0.25) is 5.95 Å². The molecule has 3 nitrogen and oxygen atoms in total. The van der Waals surface area contributed by atoms with Crippen LogP contribution < -0.4 is 5.73 Å². The molecular weight excluding hydrogens is 261 g/mol. The monoisotopic (exact) mass is 275 g/mol. The third-order valence-electron chi connectivity index (χ3n) is 3.22. The van der Waals surface area contributed by atoms with E-state index in [0.717, 1.165) is 18.5 Å². The molecular formula is C14H14FN3S. The summed E-state index contributed by atoms with van der Waals surface area (Å²) in [5, 5.41) is 2.06. The summed E-state index contributed by atoms with van der Waals surface area (Å²) >= 11 is 1.73. The molecule has 0 bridgehead atoms. The van der Waals surface area contributed by atoms with Crippen molar-refractivity contribution in [2.24, 2.45) is 0 Å². The quantitative estimate of drug-likeness (QED) is 0.796. The van der Waals surface area contributed by atoms with Crippen molar-refractivity contribution in [3.8, 4) is 0 Å². The number of benzene rings is 1. The predicted octanol–water partition coefficient (Wildman–Crippen LogP) is 3.37. The first-order valence-electron chi connectivity index (χ1n) is 6.09. The fourth-order valence-electron chi connectivity index (χ4n) is 2.18. The molecule has 0 spiro atoms. The zero-order valence-corrected chi connectivity index (χ0v) is 11.4. The molecule has 2 N–H and O–H groups in total. The number of hydrogen-bond donors (Lipinski definition) is 1. The highest BCUT2D eigenvalue weighted by molar-refractivity contribution is 7.09. The van der Waals surface area contributed by atoms with Gasteiger partial charge in [0.1, 0.15) is 5.82 Å². The number of halogens is 1. The molecule has 2 aromatic heterocycles. The second-order valence-electron chi connectivity index (χ2n) is 4.54. The van der Waals surface area contributed by atoms with E-state index in [9.17, 15) is 4.39 Å². The maximum atomic E-state index is 13.5. The summed E-state index contributed by atoms with van der Waals surface area (Å²) in [6.45, 7) is 2.51. The minimum atomic E-state index is -0.240. The number of aromatic nitrogens is 2. The molecule has 0 saturated heterocycles. The van der Waals surface area contributed by atoms with Crippen LogP contribution in [0.1, 0.15) is 10.4 Å². The van der Waals surface area contributed by atoms with Crippen LogP contribution in [0.25, 0.3) is 11.0 Å². The fourth-order valence-corrected chi connectivity index (χ4v) is 2.88. The topological polar surface area (TPSA) is 43.8 Å². The summed E-state index contributed by atoms with van der Waals surface area (Å²) in [6, 6.07) is 7.39. The molecule has 0 atom stereocenters. The largest absolute Gasteiger partial charge is 0.369 e. The highest BCUT2D eigenvalue weighted by atomic mass is 32.1. The number of nitrogen functional groups attached to an aromatic ring is 1. The number of imidazole rings is 1. The highest BCUT2D eigenvalue weighted by Crippen LogP contribution is 2.22. The Morgan fingerprint density at radius 2 is 2.26 bits per heavy atom.